The number of anilines is 2. The van der Waals surface area contributed by atoms with Crippen LogP contribution in [0.25, 0.3) is 22.2 Å². The highest BCUT2D eigenvalue weighted by molar-refractivity contribution is 6.35. The number of carbonyl (C=O) groups is 1. The van der Waals surface area contributed by atoms with Gasteiger partial charge in [0.1, 0.15) is 11.2 Å². The van der Waals surface area contributed by atoms with Crippen LogP contribution in [-0.4, -0.2) is 20.6 Å². The van der Waals surface area contributed by atoms with E-state index < -0.39 is 17.5 Å². The maximum atomic E-state index is 13.7. The number of fused-ring (bicyclic) bond motifs is 1. The van der Waals surface area contributed by atoms with E-state index in [1.165, 1.54) is 17.0 Å². The molecule has 2 aromatic heterocycles. The summed E-state index contributed by atoms with van der Waals surface area (Å²) < 4.78 is 6.62. The van der Waals surface area contributed by atoms with Crippen LogP contribution in [-0.2, 0) is 11.2 Å². The van der Waals surface area contributed by atoms with Crippen molar-refractivity contribution in [3.8, 4) is 11.3 Å². The number of benzene rings is 3. The number of hydrazine groups is 2. The van der Waals surface area contributed by atoms with E-state index in [2.05, 4.69) is 26.4 Å². The van der Waals surface area contributed by atoms with Gasteiger partial charge in [0, 0.05) is 23.1 Å². The molecule has 206 valence electrons. The smallest absolute Gasteiger partial charge is 0.254 e. The summed E-state index contributed by atoms with van der Waals surface area (Å²) >= 11 is 18.5. The summed E-state index contributed by atoms with van der Waals surface area (Å²) in [6.07, 6.45) is 3.21. The molecular formula is C28H20Cl3N7O3. The molecule has 1 amide bonds. The third-order valence-corrected chi connectivity index (χ3v) is 7.20. The molecule has 10 nitrogen and oxygen atoms in total. The molecule has 0 bridgehead atoms. The fourth-order valence-electron chi connectivity index (χ4n) is 4.51. The second-order valence-electron chi connectivity index (χ2n) is 9.11. The highest BCUT2D eigenvalue weighted by Crippen LogP contribution is 2.33. The van der Waals surface area contributed by atoms with Gasteiger partial charge in [0.05, 0.1) is 34.3 Å². The van der Waals surface area contributed by atoms with E-state index in [1.807, 2.05) is 30.3 Å². The summed E-state index contributed by atoms with van der Waals surface area (Å²) in [6.45, 7) is 0. The van der Waals surface area contributed by atoms with Crippen molar-refractivity contribution in [2.45, 2.75) is 12.5 Å². The van der Waals surface area contributed by atoms with Crippen LogP contribution in [0.5, 0.6) is 0 Å². The van der Waals surface area contributed by atoms with E-state index >= 15 is 0 Å². The normalized spacial score (nSPS) is 13.6. The van der Waals surface area contributed by atoms with Crippen molar-refractivity contribution in [3.63, 3.8) is 0 Å². The Labute approximate surface area is 248 Å². The Hall–Kier alpha value is -4.35. The van der Waals surface area contributed by atoms with E-state index in [1.54, 1.807) is 47.6 Å². The van der Waals surface area contributed by atoms with E-state index in [-0.39, 0.29) is 12.2 Å². The van der Waals surface area contributed by atoms with Gasteiger partial charge < -0.3 is 9.84 Å². The first-order valence-electron chi connectivity index (χ1n) is 12.3. The Morgan fingerprint density at radius 2 is 1.85 bits per heavy atom. The number of nitrogens with zero attached hydrogens (tertiary/aromatic N) is 4. The van der Waals surface area contributed by atoms with E-state index in [9.17, 15) is 9.59 Å². The van der Waals surface area contributed by atoms with Gasteiger partial charge in [-0.3, -0.25) is 24.6 Å². The van der Waals surface area contributed by atoms with Crippen molar-refractivity contribution >= 4 is 63.2 Å². The van der Waals surface area contributed by atoms with Gasteiger partial charge in [0.15, 0.2) is 11.4 Å². The van der Waals surface area contributed by atoms with Gasteiger partial charge in [0.25, 0.3) is 5.56 Å². The van der Waals surface area contributed by atoms with Crippen LogP contribution < -0.4 is 26.8 Å². The second kappa shape index (κ2) is 11.3. The number of rotatable bonds is 7. The van der Waals surface area contributed by atoms with Crippen molar-refractivity contribution in [2.24, 2.45) is 0 Å². The molecule has 13 heteroatoms. The van der Waals surface area contributed by atoms with E-state index in [0.717, 1.165) is 5.56 Å². The third-order valence-electron chi connectivity index (χ3n) is 6.47. The lowest BCUT2D eigenvalue weighted by Crippen LogP contribution is -2.36. The number of carbonyl (C=O) groups excluding carboxylic acids is 1. The fourth-order valence-corrected chi connectivity index (χ4v) is 5.03. The van der Waals surface area contributed by atoms with Crippen LogP contribution in [0.1, 0.15) is 11.6 Å². The standard InChI is InChI=1S/C28H20Cl3N7O3/c29-17-9-10-22(38-14-24(31)34-36-38)19(12-17)21-13-25(39)37(15-32-21)23(11-16-5-2-1-3-6-16)28(40)33-27-18-7-4-8-20(30)26(18)41-35-27/h1-10,12-15,23,34,36H,11H2,(H,33,35,40)/t23-/m0/s1. The molecule has 1 atom stereocenters. The van der Waals surface area contributed by atoms with E-state index in [4.69, 9.17) is 39.3 Å². The maximum absolute atomic E-state index is 13.7. The van der Waals surface area contributed by atoms with Gasteiger partial charge in [-0.25, -0.2) is 4.98 Å². The van der Waals surface area contributed by atoms with Crippen molar-refractivity contribution in [1.29, 1.82) is 0 Å². The predicted octanol–water partition coefficient (Wildman–Crippen LogP) is 5.65. The topological polar surface area (TPSA) is 117 Å². The minimum atomic E-state index is -0.956. The van der Waals surface area contributed by atoms with Gasteiger partial charge in [-0.05, 0) is 35.9 Å². The Morgan fingerprint density at radius 3 is 2.61 bits per heavy atom. The summed E-state index contributed by atoms with van der Waals surface area (Å²) in [5.41, 5.74) is 8.04. The van der Waals surface area contributed by atoms with Crippen molar-refractivity contribution in [3.05, 3.63) is 116 Å². The molecular weight excluding hydrogens is 589 g/mol. The Balaban J connectivity index is 1.37. The first-order chi connectivity index (χ1) is 19.9. The summed E-state index contributed by atoms with van der Waals surface area (Å²) in [4.78, 5) is 31.8. The lowest BCUT2D eigenvalue weighted by atomic mass is 10.0. The highest BCUT2D eigenvalue weighted by Gasteiger charge is 2.26. The number of hydrogen-bond donors (Lipinski definition) is 3. The number of aromatic nitrogens is 3. The highest BCUT2D eigenvalue weighted by atomic mass is 35.5. The fraction of sp³-hybridized carbons (Fsp3) is 0.0714. The van der Waals surface area contributed by atoms with E-state index in [0.29, 0.717) is 43.1 Å². The SMILES string of the molecule is O=C(Nc1noc2c(Cl)cccc12)[C@H](Cc1ccccc1)n1cnc(-c2cc(Cl)ccc2N2C=C(Cl)NN2)cc1=O. The number of amides is 1. The van der Waals surface area contributed by atoms with Crippen LogP contribution in [0.4, 0.5) is 11.5 Å². The lowest BCUT2D eigenvalue weighted by molar-refractivity contribution is -0.119. The molecule has 0 radical (unpaired) electrons. The molecule has 6 rings (SSSR count). The van der Waals surface area contributed by atoms with Gasteiger partial charge >= 0.3 is 0 Å². The van der Waals surface area contributed by atoms with Crippen molar-refractivity contribution in [2.75, 3.05) is 10.3 Å². The molecule has 0 saturated heterocycles. The summed E-state index contributed by atoms with van der Waals surface area (Å²) in [5.74, 6) is -0.276. The van der Waals surface area contributed by atoms with Gasteiger partial charge in [-0.15, -0.1) is 5.53 Å². The molecule has 0 aliphatic carbocycles. The molecule has 1 aliphatic heterocycles. The molecule has 0 unspecified atom stereocenters. The Bertz CT molecular complexity index is 1860. The molecule has 0 spiro atoms. The summed E-state index contributed by atoms with van der Waals surface area (Å²) in [7, 11) is 0. The predicted molar refractivity (Wildman–Crippen MR) is 158 cm³/mol. The van der Waals surface area contributed by atoms with Crippen LogP contribution >= 0.6 is 34.8 Å². The van der Waals surface area contributed by atoms with Gasteiger partial charge in [0.2, 0.25) is 5.91 Å². The largest absolute Gasteiger partial charge is 0.352 e. The molecule has 3 aromatic carbocycles. The molecule has 0 fully saturated rings. The zero-order valence-corrected chi connectivity index (χ0v) is 23.3. The van der Waals surface area contributed by atoms with Gasteiger partial charge in [-0.2, -0.15) is 0 Å². The Kier molecular flexibility index (Phi) is 7.38. The first-order valence-corrected chi connectivity index (χ1v) is 13.5. The average molecular weight is 609 g/mol. The molecule has 3 heterocycles. The molecule has 41 heavy (non-hydrogen) atoms. The summed E-state index contributed by atoms with van der Waals surface area (Å²) in [6, 6.07) is 20.1. The number of halogens is 3. The molecule has 1 aliphatic rings. The second-order valence-corrected chi connectivity index (χ2v) is 10.4. The first kappa shape index (κ1) is 26.9. The number of hydrogen-bond acceptors (Lipinski definition) is 8. The van der Waals surface area contributed by atoms with Crippen LogP contribution in [0.15, 0.2) is 99.8 Å². The van der Waals surface area contributed by atoms with Gasteiger partial charge in [-0.1, -0.05) is 76.4 Å². The van der Waals surface area contributed by atoms with Crippen LogP contribution in [0.3, 0.4) is 0 Å². The summed E-state index contributed by atoms with van der Waals surface area (Å²) in [5, 5.41) is 10.2. The zero-order valence-electron chi connectivity index (χ0n) is 21.0. The monoisotopic (exact) mass is 607 g/mol. The molecule has 3 N–H and O–H groups in total. The van der Waals surface area contributed by atoms with Crippen molar-refractivity contribution in [1.82, 2.24) is 25.7 Å². The Morgan fingerprint density at radius 1 is 1.02 bits per heavy atom. The zero-order chi connectivity index (χ0) is 28.5. The molecule has 5 aromatic rings. The quantitative estimate of drug-likeness (QED) is 0.203. The minimum Gasteiger partial charge on any atom is -0.352 e. The van der Waals surface area contributed by atoms with Crippen LogP contribution in [0, 0.1) is 0 Å². The average Bonchev–Trinajstić information content (AvgIpc) is 3.59. The van der Waals surface area contributed by atoms with Crippen LogP contribution in [0.2, 0.25) is 10.0 Å². The third kappa shape index (κ3) is 5.50. The number of nitrogens with one attached hydrogen (secondary N) is 3. The lowest BCUT2D eigenvalue weighted by Gasteiger charge is -2.21. The maximum Gasteiger partial charge on any atom is 0.254 e. The molecule has 0 saturated carbocycles. The minimum absolute atomic E-state index is 0.199. The van der Waals surface area contributed by atoms with Crippen molar-refractivity contribution < 1.29 is 9.32 Å². The number of para-hydroxylation sites is 1.